The van der Waals surface area contributed by atoms with Gasteiger partial charge >= 0.3 is 0 Å². The number of rotatable bonds is 6. The molecule has 9 heteroatoms. The number of aromatic nitrogens is 5. The maximum atomic E-state index is 8.11. The quantitative estimate of drug-likeness (QED) is 0.519. The third-order valence-electron chi connectivity index (χ3n) is 3.73. The van der Waals surface area contributed by atoms with E-state index in [2.05, 4.69) is 44.1 Å². The van der Waals surface area contributed by atoms with Crippen molar-refractivity contribution in [2.75, 3.05) is 12.0 Å². The standard InChI is InChI=1S/C15H19N5S.HNO2/c1-3-12(5-7-21-2)20-9-11(8-19-20)14-13-4-6-16-15(13)18-10-17-14;2-1-3/h4,6,8-10,12H,3,5,7H2,1-2H3,(H,16,17,18);(H,2,3). The highest BCUT2D eigenvalue weighted by atomic mass is 32.2. The Morgan fingerprint density at radius 2 is 2.25 bits per heavy atom. The minimum Gasteiger partial charge on any atom is -0.379 e. The first-order valence-corrected chi connectivity index (χ1v) is 8.92. The van der Waals surface area contributed by atoms with E-state index in [4.69, 9.17) is 10.1 Å². The van der Waals surface area contributed by atoms with Crippen molar-refractivity contribution < 1.29 is 5.21 Å². The van der Waals surface area contributed by atoms with Gasteiger partial charge in [-0.05, 0) is 30.9 Å². The van der Waals surface area contributed by atoms with Crippen LogP contribution in [0.2, 0.25) is 0 Å². The van der Waals surface area contributed by atoms with Crippen molar-refractivity contribution in [1.82, 2.24) is 24.7 Å². The summed E-state index contributed by atoms with van der Waals surface area (Å²) >= 11 is 1.88. The Morgan fingerprint density at radius 3 is 2.96 bits per heavy atom. The van der Waals surface area contributed by atoms with Crippen molar-refractivity contribution in [1.29, 1.82) is 0 Å². The normalized spacial score (nSPS) is 11.8. The topological polar surface area (TPSA) is 109 Å². The number of hydrogen-bond acceptors (Lipinski definition) is 6. The molecule has 0 spiro atoms. The number of H-pyrrole nitrogens is 1. The van der Waals surface area contributed by atoms with E-state index in [9.17, 15) is 0 Å². The van der Waals surface area contributed by atoms with Crippen LogP contribution in [-0.2, 0) is 0 Å². The van der Waals surface area contributed by atoms with Gasteiger partial charge < -0.3 is 10.2 Å². The van der Waals surface area contributed by atoms with E-state index in [1.165, 1.54) is 5.34 Å². The lowest BCUT2D eigenvalue weighted by molar-refractivity contribution is 0.312. The summed E-state index contributed by atoms with van der Waals surface area (Å²) in [6.07, 6.45) is 11.9. The van der Waals surface area contributed by atoms with E-state index in [0.717, 1.165) is 40.9 Å². The molecule has 3 rings (SSSR count). The van der Waals surface area contributed by atoms with Gasteiger partial charge in [-0.15, -0.1) is 4.91 Å². The molecule has 0 aliphatic heterocycles. The fourth-order valence-electron chi connectivity index (χ4n) is 2.54. The van der Waals surface area contributed by atoms with Gasteiger partial charge in [-0.1, -0.05) is 6.92 Å². The van der Waals surface area contributed by atoms with E-state index >= 15 is 0 Å². The second kappa shape index (κ2) is 9.02. The van der Waals surface area contributed by atoms with Crippen molar-refractivity contribution in [2.45, 2.75) is 25.8 Å². The van der Waals surface area contributed by atoms with Crippen LogP contribution in [0.25, 0.3) is 22.3 Å². The van der Waals surface area contributed by atoms with E-state index in [0.29, 0.717) is 6.04 Å². The summed E-state index contributed by atoms with van der Waals surface area (Å²) in [5.74, 6) is 1.16. The molecule has 8 nitrogen and oxygen atoms in total. The van der Waals surface area contributed by atoms with Crippen LogP contribution in [0.4, 0.5) is 0 Å². The lowest BCUT2D eigenvalue weighted by Crippen LogP contribution is -2.09. The molecule has 3 heterocycles. The maximum Gasteiger partial charge on any atom is 0.152 e. The predicted molar refractivity (Wildman–Crippen MR) is 95.0 cm³/mol. The van der Waals surface area contributed by atoms with E-state index < -0.39 is 0 Å². The van der Waals surface area contributed by atoms with Crippen LogP contribution in [0.1, 0.15) is 25.8 Å². The van der Waals surface area contributed by atoms with E-state index in [1.807, 2.05) is 30.2 Å². The molecule has 0 saturated carbocycles. The number of aromatic amines is 1. The molecule has 0 saturated heterocycles. The number of nitrogens with one attached hydrogen (secondary N) is 1. The zero-order valence-electron chi connectivity index (χ0n) is 13.6. The van der Waals surface area contributed by atoms with Gasteiger partial charge in [-0.3, -0.25) is 4.68 Å². The lowest BCUT2D eigenvalue weighted by Gasteiger charge is -2.14. The monoisotopic (exact) mass is 348 g/mol. The van der Waals surface area contributed by atoms with Crippen molar-refractivity contribution >= 4 is 22.8 Å². The molecule has 0 bridgehead atoms. The molecule has 24 heavy (non-hydrogen) atoms. The van der Waals surface area contributed by atoms with Crippen LogP contribution in [0, 0.1) is 4.91 Å². The van der Waals surface area contributed by atoms with Crippen molar-refractivity contribution in [2.24, 2.45) is 5.34 Å². The predicted octanol–water partition coefficient (Wildman–Crippen LogP) is 3.67. The van der Waals surface area contributed by atoms with Gasteiger partial charge in [0.05, 0.1) is 17.9 Å². The highest BCUT2D eigenvalue weighted by molar-refractivity contribution is 7.98. The number of thioether (sulfide) groups is 1. The molecule has 128 valence electrons. The third kappa shape index (κ3) is 4.10. The molecule has 0 aromatic carbocycles. The van der Waals surface area contributed by atoms with Crippen LogP contribution >= 0.6 is 11.8 Å². The van der Waals surface area contributed by atoms with Crippen LogP contribution in [-0.4, -0.2) is 41.9 Å². The first-order chi connectivity index (χ1) is 11.7. The average molecular weight is 348 g/mol. The molecule has 3 aromatic heterocycles. The highest BCUT2D eigenvalue weighted by Gasteiger charge is 2.13. The van der Waals surface area contributed by atoms with E-state index in [-0.39, 0.29) is 0 Å². The van der Waals surface area contributed by atoms with Crippen molar-refractivity contribution in [3.05, 3.63) is 35.9 Å². The number of nitrogens with zero attached hydrogens (tertiary/aromatic N) is 5. The fourth-order valence-corrected chi connectivity index (χ4v) is 3.05. The van der Waals surface area contributed by atoms with Crippen LogP contribution in [0.15, 0.2) is 36.3 Å². The summed E-state index contributed by atoms with van der Waals surface area (Å²) in [6, 6.07) is 2.46. The Balaban J connectivity index is 0.000000647. The highest BCUT2D eigenvalue weighted by Crippen LogP contribution is 2.26. The molecular formula is C15H20N6O2S. The van der Waals surface area contributed by atoms with Gasteiger partial charge in [0.2, 0.25) is 0 Å². The number of fused-ring (bicyclic) bond motifs is 1. The molecule has 0 radical (unpaired) electrons. The Hall–Kier alpha value is -2.42. The lowest BCUT2D eigenvalue weighted by atomic mass is 10.1. The Kier molecular flexibility index (Phi) is 6.74. The molecule has 0 aliphatic rings. The molecule has 1 atom stereocenters. The molecule has 2 N–H and O–H groups in total. The summed E-state index contributed by atoms with van der Waals surface area (Å²) in [5, 5.41) is 13.5. The average Bonchev–Trinajstić information content (AvgIpc) is 3.25. The van der Waals surface area contributed by atoms with Gasteiger partial charge in [0.1, 0.15) is 12.0 Å². The number of hydrogen-bond donors (Lipinski definition) is 2. The third-order valence-corrected chi connectivity index (χ3v) is 4.37. The second-order valence-corrected chi connectivity index (χ2v) is 6.08. The van der Waals surface area contributed by atoms with Gasteiger partial charge in [0.25, 0.3) is 0 Å². The van der Waals surface area contributed by atoms with E-state index in [1.54, 1.807) is 6.33 Å². The second-order valence-electron chi connectivity index (χ2n) is 5.10. The zero-order valence-corrected chi connectivity index (χ0v) is 14.4. The van der Waals surface area contributed by atoms with Crippen molar-refractivity contribution in [3.63, 3.8) is 0 Å². The van der Waals surface area contributed by atoms with Crippen LogP contribution in [0.5, 0.6) is 0 Å². The smallest absolute Gasteiger partial charge is 0.152 e. The van der Waals surface area contributed by atoms with Gasteiger partial charge in [-0.2, -0.15) is 16.9 Å². The minimum atomic E-state index is 0.453. The molecule has 0 aliphatic carbocycles. The SMILES string of the molecule is CCC(CCSC)n1cc(-c2ncnc3[nH]ccc23)cn1.O=NO. The van der Waals surface area contributed by atoms with Crippen LogP contribution in [0.3, 0.4) is 0 Å². The summed E-state index contributed by atoms with van der Waals surface area (Å²) in [6.45, 7) is 2.21. The van der Waals surface area contributed by atoms with Gasteiger partial charge in [0, 0.05) is 23.3 Å². The fraction of sp³-hybridized carbons (Fsp3) is 0.400. The first-order valence-electron chi connectivity index (χ1n) is 7.53. The van der Waals surface area contributed by atoms with Crippen LogP contribution < -0.4 is 0 Å². The Labute approximate surface area is 143 Å². The summed E-state index contributed by atoms with van der Waals surface area (Å²) in [5.41, 5.74) is 2.85. The molecule has 0 amide bonds. The summed E-state index contributed by atoms with van der Waals surface area (Å²) in [7, 11) is 0. The Bertz CT molecular complexity index is 772. The first kappa shape index (κ1) is 17.9. The summed E-state index contributed by atoms with van der Waals surface area (Å²) in [4.78, 5) is 19.9. The zero-order chi connectivity index (χ0) is 17.4. The minimum absolute atomic E-state index is 0.453. The largest absolute Gasteiger partial charge is 0.379 e. The summed E-state index contributed by atoms with van der Waals surface area (Å²) < 4.78 is 2.08. The molecule has 1 unspecified atom stereocenters. The Morgan fingerprint density at radius 1 is 1.46 bits per heavy atom. The van der Waals surface area contributed by atoms with Gasteiger partial charge in [-0.25, -0.2) is 9.97 Å². The van der Waals surface area contributed by atoms with Gasteiger partial charge in [0.15, 0.2) is 5.34 Å². The molecule has 3 aromatic rings. The molecule has 0 fully saturated rings. The maximum absolute atomic E-state index is 8.11. The van der Waals surface area contributed by atoms with Crippen molar-refractivity contribution in [3.8, 4) is 11.3 Å². The molecular weight excluding hydrogens is 328 g/mol.